The number of piperazine rings is 1. The van der Waals surface area contributed by atoms with Crippen molar-refractivity contribution in [2.24, 2.45) is 5.92 Å². The first-order chi connectivity index (χ1) is 10.7. The van der Waals surface area contributed by atoms with Crippen molar-refractivity contribution in [3.63, 3.8) is 0 Å². The van der Waals surface area contributed by atoms with E-state index in [4.69, 9.17) is 16.3 Å². The molecule has 1 atom stereocenters. The number of phenols is 1. The molecule has 0 unspecified atom stereocenters. The second kappa shape index (κ2) is 7.13. The number of hydrogen-bond acceptors (Lipinski definition) is 4. The number of halogens is 2. The van der Waals surface area contributed by atoms with E-state index in [1.165, 1.54) is 6.07 Å². The highest BCUT2D eigenvalue weighted by Gasteiger charge is 2.33. The van der Waals surface area contributed by atoms with E-state index in [1.54, 1.807) is 6.07 Å². The molecule has 2 aliphatic rings. The van der Waals surface area contributed by atoms with Crippen LogP contribution in [0.25, 0.3) is 0 Å². The summed E-state index contributed by atoms with van der Waals surface area (Å²) >= 11 is 6.04. The van der Waals surface area contributed by atoms with E-state index in [9.17, 15) is 9.50 Å². The van der Waals surface area contributed by atoms with Gasteiger partial charge in [0.25, 0.3) is 0 Å². The second-order valence-corrected chi connectivity index (χ2v) is 6.44. The van der Waals surface area contributed by atoms with E-state index in [0.717, 1.165) is 52.2 Å². The van der Waals surface area contributed by atoms with Gasteiger partial charge in [-0.1, -0.05) is 11.6 Å². The molecule has 0 spiro atoms. The molecule has 122 valence electrons. The quantitative estimate of drug-likeness (QED) is 0.895. The van der Waals surface area contributed by atoms with Crippen LogP contribution in [0.5, 0.6) is 5.75 Å². The fourth-order valence-corrected chi connectivity index (χ4v) is 3.77. The average Bonchev–Trinajstić information content (AvgIpc) is 2.54. The van der Waals surface area contributed by atoms with Gasteiger partial charge in [-0.25, -0.2) is 4.39 Å². The molecule has 1 aromatic carbocycles. The first-order valence-electron chi connectivity index (χ1n) is 7.87. The van der Waals surface area contributed by atoms with Crippen molar-refractivity contribution in [1.29, 1.82) is 0 Å². The Morgan fingerprint density at radius 3 is 2.64 bits per heavy atom. The summed E-state index contributed by atoms with van der Waals surface area (Å²) in [6.07, 6.45) is 1.84. The molecule has 0 aromatic heterocycles. The lowest BCUT2D eigenvalue weighted by Crippen LogP contribution is -2.47. The van der Waals surface area contributed by atoms with Gasteiger partial charge in [0.15, 0.2) is 11.6 Å². The van der Waals surface area contributed by atoms with E-state index in [0.29, 0.717) is 16.5 Å². The van der Waals surface area contributed by atoms with E-state index in [-0.39, 0.29) is 11.8 Å². The van der Waals surface area contributed by atoms with Crippen LogP contribution in [-0.4, -0.2) is 49.4 Å². The molecule has 0 aliphatic carbocycles. The Kier molecular flexibility index (Phi) is 5.18. The lowest BCUT2D eigenvalue weighted by molar-refractivity contribution is 0.0205. The molecule has 3 rings (SSSR count). The smallest absolute Gasteiger partial charge is 0.166 e. The monoisotopic (exact) mass is 328 g/mol. The van der Waals surface area contributed by atoms with Gasteiger partial charge in [-0.3, -0.25) is 4.90 Å². The van der Waals surface area contributed by atoms with Crippen LogP contribution in [-0.2, 0) is 4.74 Å². The van der Waals surface area contributed by atoms with Gasteiger partial charge in [-0.2, -0.15) is 0 Å². The zero-order valence-corrected chi connectivity index (χ0v) is 13.3. The molecule has 1 aromatic rings. The molecule has 2 N–H and O–H groups in total. The normalized spacial score (nSPS) is 22.6. The molecule has 6 heteroatoms. The summed E-state index contributed by atoms with van der Waals surface area (Å²) in [5.41, 5.74) is 0.610. The summed E-state index contributed by atoms with van der Waals surface area (Å²) in [5.74, 6) is -0.565. The SMILES string of the molecule is Oc1c(F)cc(Cl)cc1[C@H](C1CCOCC1)N1CCNCC1. The molecule has 2 saturated heterocycles. The highest BCUT2D eigenvalue weighted by molar-refractivity contribution is 6.30. The zero-order chi connectivity index (χ0) is 15.5. The molecule has 4 nitrogen and oxygen atoms in total. The topological polar surface area (TPSA) is 44.7 Å². The van der Waals surface area contributed by atoms with Crippen LogP contribution in [0.2, 0.25) is 5.02 Å². The third-order valence-electron chi connectivity index (χ3n) is 4.63. The van der Waals surface area contributed by atoms with Crippen LogP contribution in [0.3, 0.4) is 0 Å². The first-order valence-corrected chi connectivity index (χ1v) is 8.25. The molecule has 22 heavy (non-hydrogen) atoms. The average molecular weight is 329 g/mol. The maximum atomic E-state index is 13.9. The van der Waals surface area contributed by atoms with Crippen LogP contribution in [0.15, 0.2) is 12.1 Å². The van der Waals surface area contributed by atoms with Gasteiger partial charge in [0.05, 0.1) is 0 Å². The Morgan fingerprint density at radius 2 is 1.95 bits per heavy atom. The highest BCUT2D eigenvalue weighted by atomic mass is 35.5. The molecule has 0 radical (unpaired) electrons. The number of hydrogen-bond donors (Lipinski definition) is 2. The van der Waals surface area contributed by atoms with Crippen molar-refractivity contribution in [2.45, 2.75) is 18.9 Å². The van der Waals surface area contributed by atoms with Gasteiger partial charge in [0.1, 0.15) is 0 Å². The van der Waals surface area contributed by atoms with Crippen LogP contribution >= 0.6 is 11.6 Å². The summed E-state index contributed by atoms with van der Waals surface area (Å²) in [7, 11) is 0. The molecular weight excluding hydrogens is 307 g/mol. The van der Waals surface area contributed by atoms with Gasteiger partial charge < -0.3 is 15.2 Å². The summed E-state index contributed by atoms with van der Waals surface area (Å²) in [4.78, 5) is 2.33. The number of nitrogens with zero attached hydrogens (tertiary/aromatic N) is 1. The van der Waals surface area contributed by atoms with Crippen molar-refractivity contribution in [2.75, 3.05) is 39.4 Å². The standard InChI is InChI=1S/C16H22ClFN2O2/c17-12-9-13(16(21)14(18)10-12)15(11-1-7-22-8-2-11)20-5-3-19-4-6-20/h9-11,15,19,21H,1-8H2/t15-/m0/s1. The van der Waals surface area contributed by atoms with Crippen LogP contribution in [0.1, 0.15) is 24.4 Å². The summed E-state index contributed by atoms with van der Waals surface area (Å²) in [5, 5.41) is 13.9. The summed E-state index contributed by atoms with van der Waals surface area (Å²) < 4.78 is 19.4. The zero-order valence-electron chi connectivity index (χ0n) is 12.5. The molecule has 0 amide bonds. The Labute approximate surface area is 135 Å². The van der Waals surface area contributed by atoms with Crippen molar-refractivity contribution < 1.29 is 14.2 Å². The van der Waals surface area contributed by atoms with Gasteiger partial charge in [-0.05, 0) is 30.9 Å². The van der Waals surface area contributed by atoms with Crippen molar-refractivity contribution >= 4 is 11.6 Å². The van der Waals surface area contributed by atoms with Crippen LogP contribution in [0, 0.1) is 11.7 Å². The third kappa shape index (κ3) is 3.38. The minimum atomic E-state index is -0.644. The van der Waals surface area contributed by atoms with Gasteiger partial charge in [0, 0.05) is 56.0 Å². The molecular formula is C16H22ClFN2O2. The van der Waals surface area contributed by atoms with E-state index >= 15 is 0 Å². The Hall–Kier alpha value is -0.880. The Morgan fingerprint density at radius 1 is 1.27 bits per heavy atom. The third-order valence-corrected chi connectivity index (χ3v) is 4.85. The molecule has 2 aliphatic heterocycles. The van der Waals surface area contributed by atoms with Crippen molar-refractivity contribution in [1.82, 2.24) is 10.2 Å². The Bertz CT molecular complexity index is 499. The minimum absolute atomic E-state index is 0.0146. The highest BCUT2D eigenvalue weighted by Crippen LogP contribution is 2.41. The predicted octanol–water partition coefficient (Wildman–Crippen LogP) is 2.56. The fraction of sp³-hybridized carbons (Fsp3) is 0.625. The van der Waals surface area contributed by atoms with Gasteiger partial charge >= 0.3 is 0 Å². The van der Waals surface area contributed by atoms with E-state index < -0.39 is 5.82 Å². The predicted molar refractivity (Wildman–Crippen MR) is 83.8 cm³/mol. The van der Waals surface area contributed by atoms with Crippen molar-refractivity contribution in [3.05, 3.63) is 28.5 Å². The number of nitrogens with one attached hydrogen (secondary N) is 1. The molecule has 0 bridgehead atoms. The summed E-state index contributed by atoms with van der Waals surface area (Å²) in [6, 6.07) is 2.86. The number of rotatable bonds is 3. The van der Waals surface area contributed by atoms with Crippen LogP contribution < -0.4 is 5.32 Å². The number of ether oxygens (including phenoxy) is 1. The number of aromatic hydroxyl groups is 1. The molecule has 2 fully saturated rings. The summed E-state index contributed by atoms with van der Waals surface area (Å²) in [6.45, 7) is 5.02. The maximum absolute atomic E-state index is 13.9. The molecule has 0 saturated carbocycles. The maximum Gasteiger partial charge on any atom is 0.166 e. The number of phenolic OH excluding ortho intramolecular Hbond substituents is 1. The first kappa shape index (κ1) is 16.0. The van der Waals surface area contributed by atoms with Gasteiger partial charge in [-0.15, -0.1) is 0 Å². The minimum Gasteiger partial charge on any atom is -0.505 e. The number of benzene rings is 1. The lowest BCUT2D eigenvalue weighted by Gasteiger charge is -2.41. The Balaban J connectivity index is 1.96. The molecule has 2 heterocycles. The van der Waals surface area contributed by atoms with Gasteiger partial charge in [0.2, 0.25) is 0 Å². The lowest BCUT2D eigenvalue weighted by atomic mass is 9.85. The van der Waals surface area contributed by atoms with E-state index in [2.05, 4.69) is 10.2 Å². The van der Waals surface area contributed by atoms with Crippen molar-refractivity contribution in [3.8, 4) is 5.75 Å². The van der Waals surface area contributed by atoms with Crippen LogP contribution in [0.4, 0.5) is 4.39 Å². The fourth-order valence-electron chi connectivity index (χ4n) is 3.55. The second-order valence-electron chi connectivity index (χ2n) is 6.01. The van der Waals surface area contributed by atoms with E-state index in [1.807, 2.05) is 0 Å². The largest absolute Gasteiger partial charge is 0.505 e.